The third-order valence-corrected chi connectivity index (χ3v) is 6.13. The number of aliphatic carboxylic acids is 2. The molecule has 2 aromatic rings. The first kappa shape index (κ1) is 24.2. The summed E-state index contributed by atoms with van der Waals surface area (Å²) in [5.74, 6) is -1.71. The Kier molecular flexibility index (Phi) is 9.67. The molecule has 0 aliphatic carbocycles. The van der Waals surface area contributed by atoms with Crippen molar-refractivity contribution in [3.63, 3.8) is 0 Å². The topological polar surface area (TPSA) is 74.6 Å². The maximum atomic E-state index is 12.7. The molecule has 0 saturated heterocycles. The van der Waals surface area contributed by atoms with Gasteiger partial charge >= 0.3 is 11.9 Å². The summed E-state index contributed by atoms with van der Waals surface area (Å²) in [4.78, 5) is 23.2. The molecule has 0 amide bonds. The van der Waals surface area contributed by atoms with Gasteiger partial charge in [-0.05, 0) is 36.1 Å². The second-order valence-corrected chi connectivity index (χ2v) is 8.35. The highest BCUT2D eigenvalue weighted by Crippen LogP contribution is 2.43. The van der Waals surface area contributed by atoms with Gasteiger partial charge in [-0.15, -0.1) is 0 Å². The van der Waals surface area contributed by atoms with Crippen molar-refractivity contribution in [2.45, 2.75) is 63.2 Å². The molecule has 0 radical (unpaired) electrons. The fourth-order valence-electron chi connectivity index (χ4n) is 3.92. The summed E-state index contributed by atoms with van der Waals surface area (Å²) in [5, 5.41) is 19.9. The Labute approximate surface area is 187 Å². The van der Waals surface area contributed by atoms with Gasteiger partial charge < -0.3 is 10.2 Å². The van der Waals surface area contributed by atoms with E-state index in [9.17, 15) is 14.7 Å². The number of carboxylic acid groups (broad SMARTS) is 2. The zero-order chi connectivity index (χ0) is 22.0. The lowest BCUT2D eigenvalue weighted by atomic mass is 9.71. The van der Waals surface area contributed by atoms with Crippen molar-refractivity contribution in [1.82, 2.24) is 0 Å². The van der Waals surface area contributed by atoms with Gasteiger partial charge in [0.2, 0.25) is 0 Å². The van der Waals surface area contributed by atoms with Gasteiger partial charge in [0, 0.05) is 16.5 Å². The van der Waals surface area contributed by atoms with Crippen molar-refractivity contribution < 1.29 is 19.8 Å². The standard InChI is InChI=1S/C24H28Cl2O4/c25-20-14-9-7-12-18(20)24(23(29)30,19-13-8-10-15-21(19)26)17-11-5-3-1-2-4-6-16-22(27)28/h7-10,12-15H,1-6,11,16-17H2,(H,27,28)(H,29,30). The van der Waals surface area contributed by atoms with Crippen LogP contribution in [0.4, 0.5) is 0 Å². The molecule has 0 atom stereocenters. The van der Waals surface area contributed by atoms with Crippen LogP contribution in [0.2, 0.25) is 10.0 Å². The molecule has 0 aliphatic rings. The van der Waals surface area contributed by atoms with Gasteiger partial charge in [0.1, 0.15) is 5.41 Å². The van der Waals surface area contributed by atoms with Crippen LogP contribution in [0, 0.1) is 0 Å². The van der Waals surface area contributed by atoms with Crippen molar-refractivity contribution in [2.75, 3.05) is 0 Å². The first-order chi connectivity index (χ1) is 14.4. The van der Waals surface area contributed by atoms with E-state index in [0.717, 1.165) is 38.5 Å². The van der Waals surface area contributed by atoms with E-state index in [2.05, 4.69) is 0 Å². The van der Waals surface area contributed by atoms with Crippen LogP contribution < -0.4 is 0 Å². The SMILES string of the molecule is O=C(O)CCCCCCCCCC(C(=O)O)(c1ccccc1Cl)c1ccccc1Cl. The lowest BCUT2D eigenvalue weighted by Crippen LogP contribution is -2.38. The minimum Gasteiger partial charge on any atom is -0.481 e. The van der Waals surface area contributed by atoms with E-state index < -0.39 is 17.4 Å². The molecule has 2 rings (SSSR count). The van der Waals surface area contributed by atoms with Crippen LogP contribution in [-0.2, 0) is 15.0 Å². The molecule has 2 aromatic carbocycles. The molecule has 0 unspecified atom stereocenters. The lowest BCUT2D eigenvalue weighted by Gasteiger charge is -2.32. The molecule has 0 spiro atoms. The minimum atomic E-state index is -1.31. The van der Waals surface area contributed by atoms with E-state index in [1.54, 1.807) is 48.5 Å². The summed E-state index contributed by atoms with van der Waals surface area (Å²) < 4.78 is 0. The molecule has 0 bridgehead atoms. The molecule has 0 fully saturated rings. The quantitative estimate of drug-likeness (QED) is 0.323. The monoisotopic (exact) mass is 450 g/mol. The average molecular weight is 451 g/mol. The Morgan fingerprint density at radius 3 is 1.57 bits per heavy atom. The van der Waals surface area contributed by atoms with E-state index >= 15 is 0 Å². The molecule has 4 nitrogen and oxygen atoms in total. The minimum absolute atomic E-state index is 0.219. The fraction of sp³-hybridized carbons (Fsp3) is 0.417. The molecule has 30 heavy (non-hydrogen) atoms. The zero-order valence-electron chi connectivity index (χ0n) is 16.9. The summed E-state index contributed by atoms with van der Waals surface area (Å²) in [7, 11) is 0. The number of carboxylic acids is 2. The Hall–Kier alpha value is -2.04. The van der Waals surface area contributed by atoms with E-state index in [-0.39, 0.29) is 6.42 Å². The number of carbonyl (C=O) groups is 2. The van der Waals surface area contributed by atoms with Crippen molar-refractivity contribution in [2.24, 2.45) is 0 Å². The molecule has 6 heteroatoms. The summed E-state index contributed by atoms with van der Waals surface area (Å²) in [5.41, 5.74) is -0.195. The number of rotatable bonds is 13. The second kappa shape index (κ2) is 12.0. The van der Waals surface area contributed by atoms with Crippen LogP contribution >= 0.6 is 23.2 Å². The van der Waals surface area contributed by atoms with Crippen molar-refractivity contribution in [3.05, 3.63) is 69.7 Å². The van der Waals surface area contributed by atoms with Crippen LogP contribution in [0.25, 0.3) is 0 Å². The van der Waals surface area contributed by atoms with Crippen molar-refractivity contribution in [1.29, 1.82) is 0 Å². The number of hydrogen-bond donors (Lipinski definition) is 2. The summed E-state index contributed by atoms with van der Waals surface area (Å²) >= 11 is 12.9. The predicted molar refractivity (Wildman–Crippen MR) is 121 cm³/mol. The number of hydrogen-bond acceptors (Lipinski definition) is 2. The molecule has 2 N–H and O–H groups in total. The molecule has 162 valence electrons. The third kappa shape index (κ3) is 6.23. The van der Waals surface area contributed by atoms with Gasteiger partial charge in [-0.3, -0.25) is 9.59 Å². The van der Waals surface area contributed by atoms with Gasteiger partial charge in [0.15, 0.2) is 0 Å². The Bertz CT molecular complexity index is 805. The Morgan fingerprint density at radius 2 is 1.13 bits per heavy atom. The van der Waals surface area contributed by atoms with Gasteiger partial charge in [-0.1, -0.05) is 98.1 Å². The van der Waals surface area contributed by atoms with Crippen LogP contribution in [0.15, 0.2) is 48.5 Å². The summed E-state index contributed by atoms with van der Waals surface area (Å²) in [6.07, 6.45) is 6.82. The van der Waals surface area contributed by atoms with Gasteiger partial charge in [0.25, 0.3) is 0 Å². The van der Waals surface area contributed by atoms with Crippen molar-refractivity contribution in [3.8, 4) is 0 Å². The Balaban J connectivity index is 2.10. The molecule has 0 aromatic heterocycles. The maximum absolute atomic E-state index is 12.7. The van der Waals surface area contributed by atoms with Crippen LogP contribution in [0.3, 0.4) is 0 Å². The second-order valence-electron chi connectivity index (χ2n) is 7.54. The van der Waals surface area contributed by atoms with E-state index in [1.807, 2.05) is 0 Å². The number of benzene rings is 2. The van der Waals surface area contributed by atoms with Gasteiger partial charge in [0.05, 0.1) is 0 Å². The average Bonchev–Trinajstić information content (AvgIpc) is 2.71. The Morgan fingerprint density at radius 1 is 0.700 bits per heavy atom. The molecule has 0 saturated carbocycles. The van der Waals surface area contributed by atoms with Gasteiger partial charge in [-0.25, -0.2) is 0 Å². The summed E-state index contributed by atoms with van der Waals surface area (Å²) in [6.45, 7) is 0. The van der Waals surface area contributed by atoms with Crippen LogP contribution in [0.5, 0.6) is 0 Å². The van der Waals surface area contributed by atoms with Crippen LogP contribution in [0.1, 0.15) is 68.9 Å². The first-order valence-electron chi connectivity index (χ1n) is 10.3. The highest BCUT2D eigenvalue weighted by molar-refractivity contribution is 6.33. The maximum Gasteiger partial charge on any atom is 0.318 e. The fourth-order valence-corrected chi connectivity index (χ4v) is 4.51. The first-order valence-corrected chi connectivity index (χ1v) is 11.1. The molecule has 0 heterocycles. The number of unbranched alkanes of at least 4 members (excludes halogenated alkanes) is 6. The lowest BCUT2D eigenvalue weighted by molar-refractivity contribution is -0.142. The normalized spacial score (nSPS) is 11.4. The smallest absolute Gasteiger partial charge is 0.318 e. The molecular weight excluding hydrogens is 423 g/mol. The van der Waals surface area contributed by atoms with Crippen LogP contribution in [-0.4, -0.2) is 22.2 Å². The van der Waals surface area contributed by atoms with Gasteiger partial charge in [-0.2, -0.15) is 0 Å². The van der Waals surface area contributed by atoms with Crippen molar-refractivity contribution >= 4 is 35.1 Å². The number of halogens is 2. The van der Waals surface area contributed by atoms with E-state index in [1.165, 1.54) is 0 Å². The third-order valence-electron chi connectivity index (χ3n) is 5.47. The highest BCUT2D eigenvalue weighted by atomic mass is 35.5. The highest BCUT2D eigenvalue weighted by Gasteiger charge is 2.44. The zero-order valence-corrected chi connectivity index (χ0v) is 18.5. The molecule has 0 aliphatic heterocycles. The largest absolute Gasteiger partial charge is 0.481 e. The van der Waals surface area contributed by atoms with E-state index in [0.29, 0.717) is 34.0 Å². The summed E-state index contributed by atoms with van der Waals surface area (Å²) in [6, 6.07) is 14.1. The predicted octanol–water partition coefficient (Wildman–Crippen LogP) is 6.96. The molecular formula is C24H28Cl2O4. The van der Waals surface area contributed by atoms with E-state index in [4.69, 9.17) is 28.3 Å².